The molecule has 0 unspecified atom stereocenters. The molecule has 0 radical (unpaired) electrons. The number of carbonyl (C=O) groups excluding carboxylic acids is 4. The second kappa shape index (κ2) is 9.29. The first-order chi connectivity index (χ1) is 15.1. The summed E-state index contributed by atoms with van der Waals surface area (Å²) >= 11 is 12.3. The first kappa shape index (κ1) is 23.1. The van der Waals surface area contributed by atoms with E-state index in [1.165, 1.54) is 37.5 Å². The predicted octanol–water partition coefficient (Wildman–Crippen LogP) is 2.84. The highest BCUT2D eigenvalue weighted by atomic mass is 35.5. The van der Waals surface area contributed by atoms with Crippen molar-refractivity contribution in [3.63, 3.8) is 0 Å². The van der Waals surface area contributed by atoms with Gasteiger partial charge in [-0.25, -0.2) is 9.69 Å². The molecule has 166 valence electrons. The monoisotopic (exact) mass is 477 g/mol. The summed E-state index contributed by atoms with van der Waals surface area (Å²) in [4.78, 5) is 49.5. The van der Waals surface area contributed by atoms with E-state index in [1.54, 1.807) is 13.0 Å². The SMILES string of the molecule is COc1cc(/C=C2\C(=O)NC(=O)N(c3ccc(C)c(Cl)c3)C2=O)cc(Cl)c1OCC(N)=O. The van der Waals surface area contributed by atoms with Gasteiger partial charge >= 0.3 is 6.03 Å². The maximum absolute atomic E-state index is 13.0. The Bertz CT molecular complexity index is 1180. The van der Waals surface area contributed by atoms with Gasteiger partial charge in [0, 0.05) is 5.02 Å². The van der Waals surface area contributed by atoms with Crippen molar-refractivity contribution in [2.45, 2.75) is 6.92 Å². The van der Waals surface area contributed by atoms with E-state index in [4.69, 9.17) is 38.4 Å². The Kier molecular flexibility index (Phi) is 6.71. The summed E-state index contributed by atoms with van der Waals surface area (Å²) in [6.45, 7) is 1.35. The van der Waals surface area contributed by atoms with Crippen LogP contribution in [0.4, 0.5) is 10.5 Å². The fourth-order valence-electron chi connectivity index (χ4n) is 2.89. The highest BCUT2D eigenvalue weighted by Crippen LogP contribution is 2.37. The number of nitrogens with one attached hydrogen (secondary N) is 1. The molecule has 0 saturated carbocycles. The Morgan fingerprint density at radius 2 is 1.88 bits per heavy atom. The molecular weight excluding hydrogens is 461 g/mol. The molecule has 2 aromatic rings. The van der Waals surface area contributed by atoms with Crippen LogP contribution in [0.5, 0.6) is 11.5 Å². The van der Waals surface area contributed by atoms with Gasteiger partial charge in [0.15, 0.2) is 18.1 Å². The number of rotatable bonds is 6. The zero-order valence-electron chi connectivity index (χ0n) is 16.9. The number of barbiturate groups is 1. The van der Waals surface area contributed by atoms with Crippen LogP contribution in [-0.2, 0) is 14.4 Å². The summed E-state index contributed by atoms with van der Waals surface area (Å²) in [6, 6.07) is 6.58. The van der Waals surface area contributed by atoms with E-state index < -0.39 is 30.4 Å². The molecule has 3 rings (SSSR count). The number of anilines is 1. The number of primary amides is 1. The fraction of sp³-hybridized carbons (Fsp3) is 0.143. The van der Waals surface area contributed by atoms with Crippen LogP contribution >= 0.6 is 23.2 Å². The summed E-state index contributed by atoms with van der Waals surface area (Å²) in [5.41, 5.74) is 6.03. The number of carbonyl (C=O) groups is 4. The van der Waals surface area contributed by atoms with Gasteiger partial charge in [-0.1, -0.05) is 29.3 Å². The van der Waals surface area contributed by atoms with Gasteiger partial charge in [-0.05, 0) is 48.4 Å². The molecule has 32 heavy (non-hydrogen) atoms. The third-order valence-electron chi connectivity index (χ3n) is 4.44. The van der Waals surface area contributed by atoms with Crippen molar-refractivity contribution in [3.8, 4) is 11.5 Å². The van der Waals surface area contributed by atoms with Crippen molar-refractivity contribution in [1.29, 1.82) is 0 Å². The average molecular weight is 478 g/mol. The van der Waals surface area contributed by atoms with Gasteiger partial charge in [0.25, 0.3) is 17.7 Å². The van der Waals surface area contributed by atoms with E-state index in [9.17, 15) is 19.2 Å². The number of nitrogens with zero attached hydrogens (tertiary/aromatic N) is 1. The third kappa shape index (κ3) is 4.68. The fourth-order valence-corrected chi connectivity index (χ4v) is 3.33. The molecule has 9 nitrogen and oxygen atoms in total. The molecule has 1 aliphatic rings. The second-order valence-corrected chi connectivity index (χ2v) is 7.49. The molecule has 1 fully saturated rings. The van der Waals surface area contributed by atoms with Crippen molar-refractivity contribution in [3.05, 3.63) is 57.1 Å². The number of nitrogens with two attached hydrogens (primary N) is 1. The van der Waals surface area contributed by atoms with E-state index in [1.807, 2.05) is 0 Å². The van der Waals surface area contributed by atoms with Crippen LogP contribution in [0.1, 0.15) is 11.1 Å². The lowest BCUT2D eigenvalue weighted by Gasteiger charge is -2.26. The van der Waals surface area contributed by atoms with E-state index in [0.29, 0.717) is 10.6 Å². The molecule has 0 spiro atoms. The standard InChI is InChI=1S/C21H17Cl2N3O6/c1-10-3-4-12(8-14(10)22)26-20(29)13(19(28)25-21(26)30)5-11-6-15(23)18(16(7-11)31-2)32-9-17(24)27/h3-8H,9H2,1-2H3,(H2,24,27)(H,25,28,30)/b13-5+. The number of hydrogen-bond acceptors (Lipinski definition) is 6. The van der Waals surface area contributed by atoms with E-state index in [2.05, 4.69) is 5.32 Å². The van der Waals surface area contributed by atoms with Gasteiger partial charge in [-0.15, -0.1) is 0 Å². The smallest absolute Gasteiger partial charge is 0.335 e. The summed E-state index contributed by atoms with van der Waals surface area (Å²) < 4.78 is 10.5. The lowest BCUT2D eigenvalue weighted by Crippen LogP contribution is -2.54. The molecule has 2 aromatic carbocycles. The van der Waals surface area contributed by atoms with Gasteiger partial charge < -0.3 is 15.2 Å². The number of amides is 5. The largest absolute Gasteiger partial charge is 0.493 e. The molecule has 1 heterocycles. The second-order valence-electron chi connectivity index (χ2n) is 6.68. The van der Waals surface area contributed by atoms with Crippen LogP contribution in [0, 0.1) is 6.92 Å². The molecule has 1 aliphatic heterocycles. The maximum atomic E-state index is 13.0. The van der Waals surface area contributed by atoms with Gasteiger partial charge in [0.1, 0.15) is 5.57 Å². The summed E-state index contributed by atoms with van der Waals surface area (Å²) in [7, 11) is 1.35. The third-order valence-corrected chi connectivity index (χ3v) is 5.12. The molecule has 1 saturated heterocycles. The Morgan fingerprint density at radius 1 is 1.16 bits per heavy atom. The van der Waals surface area contributed by atoms with Gasteiger partial charge in [0.2, 0.25) is 0 Å². The van der Waals surface area contributed by atoms with Crippen LogP contribution < -0.4 is 25.4 Å². The topological polar surface area (TPSA) is 128 Å². The quantitative estimate of drug-likeness (QED) is 0.486. The Balaban J connectivity index is 2.01. The van der Waals surface area contributed by atoms with Crippen molar-refractivity contribution in [1.82, 2.24) is 5.32 Å². The van der Waals surface area contributed by atoms with Crippen LogP contribution in [-0.4, -0.2) is 37.5 Å². The van der Waals surface area contributed by atoms with Crippen molar-refractivity contribution in [2.24, 2.45) is 5.73 Å². The van der Waals surface area contributed by atoms with Gasteiger partial charge in [0.05, 0.1) is 17.8 Å². The number of benzene rings is 2. The number of halogens is 2. The molecule has 5 amide bonds. The van der Waals surface area contributed by atoms with Crippen molar-refractivity contribution >= 4 is 58.7 Å². The van der Waals surface area contributed by atoms with Crippen LogP contribution in [0.2, 0.25) is 10.0 Å². The van der Waals surface area contributed by atoms with Gasteiger partial charge in [-0.3, -0.25) is 19.7 Å². The molecule has 0 aliphatic carbocycles. The number of urea groups is 1. The molecule has 0 aromatic heterocycles. The van der Waals surface area contributed by atoms with Crippen molar-refractivity contribution in [2.75, 3.05) is 18.6 Å². The minimum atomic E-state index is -0.900. The number of aryl methyl sites for hydroxylation is 1. The number of imide groups is 2. The average Bonchev–Trinajstić information content (AvgIpc) is 2.72. The predicted molar refractivity (Wildman–Crippen MR) is 118 cm³/mol. The maximum Gasteiger partial charge on any atom is 0.335 e. The molecule has 11 heteroatoms. The first-order valence-electron chi connectivity index (χ1n) is 9.08. The summed E-state index contributed by atoms with van der Waals surface area (Å²) in [5, 5.41) is 2.54. The minimum absolute atomic E-state index is 0.0550. The Hall–Kier alpha value is -3.56. The molecular formula is C21H17Cl2N3O6. The first-order valence-corrected chi connectivity index (χ1v) is 9.84. The Labute approximate surface area is 192 Å². The molecule has 3 N–H and O–H groups in total. The van der Waals surface area contributed by atoms with Crippen molar-refractivity contribution < 1.29 is 28.7 Å². The van der Waals surface area contributed by atoms with Gasteiger partial charge in [-0.2, -0.15) is 0 Å². The highest BCUT2D eigenvalue weighted by Gasteiger charge is 2.37. The van der Waals surface area contributed by atoms with E-state index in [-0.39, 0.29) is 27.8 Å². The summed E-state index contributed by atoms with van der Waals surface area (Å²) in [6.07, 6.45) is 1.25. The number of methoxy groups -OCH3 is 1. The van der Waals surface area contributed by atoms with Crippen LogP contribution in [0.25, 0.3) is 6.08 Å². The lowest BCUT2D eigenvalue weighted by atomic mass is 10.1. The normalized spacial score (nSPS) is 15.1. The Morgan fingerprint density at radius 3 is 2.50 bits per heavy atom. The number of ether oxygens (including phenoxy) is 2. The number of hydrogen-bond donors (Lipinski definition) is 2. The van der Waals surface area contributed by atoms with E-state index in [0.717, 1.165) is 10.5 Å². The zero-order valence-corrected chi connectivity index (χ0v) is 18.4. The van der Waals surface area contributed by atoms with Crippen LogP contribution in [0.15, 0.2) is 35.9 Å². The zero-order chi connectivity index (χ0) is 23.6. The minimum Gasteiger partial charge on any atom is -0.493 e. The lowest BCUT2D eigenvalue weighted by molar-refractivity contribution is -0.123. The molecule has 0 atom stereocenters. The van der Waals surface area contributed by atoms with E-state index >= 15 is 0 Å². The molecule has 0 bridgehead atoms. The summed E-state index contributed by atoms with van der Waals surface area (Å²) in [5.74, 6) is -2.21. The highest BCUT2D eigenvalue weighted by molar-refractivity contribution is 6.39. The van der Waals surface area contributed by atoms with Crippen LogP contribution in [0.3, 0.4) is 0 Å².